The van der Waals surface area contributed by atoms with E-state index in [2.05, 4.69) is 15.1 Å². The molecule has 0 saturated carbocycles. The molecule has 0 spiro atoms. The van der Waals surface area contributed by atoms with Gasteiger partial charge in [-0.25, -0.2) is 9.78 Å². The minimum atomic E-state index is -0.584. The Labute approximate surface area is 160 Å². The van der Waals surface area contributed by atoms with Crippen LogP contribution in [0.2, 0.25) is 0 Å². The quantitative estimate of drug-likeness (QED) is 0.438. The molecule has 0 unspecified atom stereocenters. The lowest BCUT2D eigenvalue weighted by Gasteiger charge is -2.13. The molecule has 0 fully saturated rings. The fourth-order valence-corrected chi connectivity index (χ4v) is 2.29. The van der Waals surface area contributed by atoms with Gasteiger partial charge >= 0.3 is 5.97 Å². The Morgan fingerprint density at radius 1 is 1.07 bits per heavy atom. The van der Waals surface area contributed by atoms with E-state index < -0.39 is 5.97 Å². The third kappa shape index (κ3) is 5.77. The standard InChI is InChI=1S/C18H21N3O4.C2H6/c1-11-12(2)19-13(3)20-17(11)25-10-14-8-6-7-9-15(14)16(21-24-5)18(22)23-4;1-2/h6-9H,10H2,1-5H3;1-2H3/b21-16-;. The second-order valence-electron chi connectivity index (χ2n) is 5.35. The normalized spacial score (nSPS) is 10.6. The zero-order chi connectivity index (χ0) is 20.4. The van der Waals surface area contributed by atoms with E-state index in [9.17, 15) is 4.79 Å². The van der Waals surface area contributed by atoms with Gasteiger partial charge in [0.2, 0.25) is 5.88 Å². The number of carbonyl (C=O) groups excluding carboxylic acids is 1. The van der Waals surface area contributed by atoms with Crippen molar-refractivity contribution < 1.29 is 19.1 Å². The first-order valence-corrected chi connectivity index (χ1v) is 8.70. The molecule has 0 aliphatic carbocycles. The zero-order valence-corrected chi connectivity index (χ0v) is 17.0. The van der Waals surface area contributed by atoms with Gasteiger partial charge in [0, 0.05) is 16.8 Å². The Kier molecular flexibility index (Phi) is 8.92. The highest BCUT2D eigenvalue weighted by Crippen LogP contribution is 2.20. The first kappa shape index (κ1) is 22.1. The molecule has 27 heavy (non-hydrogen) atoms. The molecule has 2 rings (SSSR count). The molecule has 0 atom stereocenters. The molecule has 7 nitrogen and oxygen atoms in total. The van der Waals surface area contributed by atoms with Crippen molar-refractivity contribution in [3.63, 3.8) is 0 Å². The minimum Gasteiger partial charge on any atom is -0.472 e. The smallest absolute Gasteiger partial charge is 0.360 e. The fourth-order valence-electron chi connectivity index (χ4n) is 2.29. The van der Waals surface area contributed by atoms with Gasteiger partial charge in [0.25, 0.3) is 0 Å². The monoisotopic (exact) mass is 373 g/mol. The van der Waals surface area contributed by atoms with Gasteiger partial charge in [-0.2, -0.15) is 4.98 Å². The highest BCUT2D eigenvalue weighted by atomic mass is 16.6. The molecule has 1 heterocycles. The van der Waals surface area contributed by atoms with Gasteiger partial charge < -0.3 is 14.3 Å². The van der Waals surface area contributed by atoms with Crippen LogP contribution in [0.4, 0.5) is 0 Å². The number of benzene rings is 1. The molecule has 0 aliphatic rings. The van der Waals surface area contributed by atoms with E-state index in [1.807, 2.05) is 46.8 Å². The van der Waals surface area contributed by atoms with E-state index >= 15 is 0 Å². The number of methoxy groups -OCH3 is 1. The Morgan fingerprint density at radius 3 is 2.37 bits per heavy atom. The number of hydrogen-bond donors (Lipinski definition) is 0. The Hall–Kier alpha value is -2.96. The van der Waals surface area contributed by atoms with Crippen molar-refractivity contribution in [3.05, 3.63) is 52.5 Å². The average Bonchev–Trinajstić information content (AvgIpc) is 2.69. The Morgan fingerprint density at radius 2 is 1.74 bits per heavy atom. The average molecular weight is 373 g/mol. The highest BCUT2D eigenvalue weighted by molar-refractivity contribution is 6.43. The molecule has 0 bridgehead atoms. The summed E-state index contributed by atoms with van der Waals surface area (Å²) in [5, 5.41) is 3.79. The summed E-state index contributed by atoms with van der Waals surface area (Å²) in [6.45, 7) is 9.84. The van der Waals surface area contributed by atoms with Crippen LogP contribution >= 0.6 is 0 Å². The van der Waals surface area contributed by atoms with Crippen LogP contribution in [-0.2, 0) is 21.0 Å². The van der Waals surface area contributed by atoms with Crippen molar-refractivity contribution in [2.75, 3.05) is 14.2 Å². The number of esters is 1. The maximum atomic E-state index is 12.0. The van der Waals surface area contributed by atoms with Crippen molar-refractivity contribution in [1.29, 1.82) is 0 Å². The van der Waals surface area contributed by atoms with Crippen molar-refractivity contribution in [3.8, 4) is 5.88 Å². The van der Waals surface area contributed by atoms with Crippen LogP contribution < -0.4 is 4.74 Å². The van der Waals surface area contributed by atoms with E-state index in [0.29, 0.717) is 17.3 Å². The predicted molar refractivity (Wildman–Crippen MR) is 104 cm³/mol. The lowest BCUT2D eigenvalue weighted by molar-refractivity contribution is -0.132. The van der Waals surface area contributed by atoms with Crippen LogP contribution in [-0.4, -0.2) is 35.9 Å². The number of oxime groups is 1. The maximum absolute atomic E-state index is 12.0. The summed E-state index contributed by atoms with van der Waals surface area (Å²) in [6.07, 6.45) is 0. The number of hydrogen-bond acceptors (Lipinski definition) is 7. The highest BCUT2D eigenvalue weighted by Gasteiger charge is 2.19. The van der Waals surface area contributed by atoms with Gasteiger partial charge in [-0.15, -0.1) is 0 Å². The molecule has 0 saturated heterocycles. The first-order chi connectivity index (χ1) is 13.0. The van der Waals surface area contributed by atoms with Crippen LogP contribution in [0.1, 0.15) is 42.1 Å². The molecule has 0 aliphatic heterocycles. The number of aromatic nitrogens is 2. The van der Waals surface area contributed by atoms with Crippen LogP contribution in [0.15, 0.2) is 29.4 Å². The van der Waals surface area contributed by atoms with Crippen LogP contribution in [0, 0.1) is 20.8 Å². The van der Waals surface area contributed by atoms with E-state index in [1.54, 1.807) is 12.1 Å². The number of carbonyl (C=O) groups is 1. The van der Waals surface area contributed by atoms with Gasteiger partial charge in [-0.05, 0) is 26.3 Å². The van der Waals surface area contributed by atoms with Crippen molar-refractivity contribution in [1.82, 2.24) is 9.97 Å². The van der Waals surface area contributed by atoms with E-state index in [4.69, 9.17) is 14.3 Å². The molecular weight excluding hydrogens is 346 g/mol. The van der Waals surface area contributed by atoms with E-state index in [1.165, 1.54) is 14.2 Å². The van der Waals surface area contributed by atoms with Gasteiger partial charge in [0.05, 0.1) is 7.11 Å². The molecule has 2 aromatic rings. The molecule has 0 amide bonds. The summed E-state index contributed by atoms with van der Waals surface area (Å²) in [5.74, 6) is 0.574. The zero-order valence-electron chi connectivity index (χ0n) is 17.0. The molecule has 0 radical (unpaired) electrons. The van der Waals surface area contributed by atoms with E-state index in [-0.39, 0.29) is 12.3 Å². The summed E-state index contributed by atoms with van der Waals surface area (Å²) in [5.41, 5.74) is 3.16. The third-order valence-corrected chi connectivity index (χ3v) is 3.65. The summed E-state index contributed by atoms with van der Waals surface area (Å²) in [4.78, 5) is 25.4. The molecule has 0 N–H and O–H groups in total. The second kappa shape index (κ2) is 10.9. The van der Waals surface area contributed by atoms with Crippen molar-refractivity contribution in [2.45, 2.75) is 41.2 Å². The topological polar surface area (TPSA) is 82.9 Å². The molecular formula is C20H27N3O4. The SMILES string of the molecule is CC.CO/N=C(\C(=O)OC)c1ccccc1COc1nc(C)nc(C)c1C. The molecule has 1 aromatic carbocycles. The summed E-state index contributed by atoms with van der Waals surface area (Å²) in [7, 11) is 2.67. The lowest BCUT2D eigenvalue weighted by Crippen LogP contribution is -2.20. The summed E-state index contributed by atoms with van der Waals surface area (Å²) < 4.78 is 10.6. The predicted octanol–water partition coefficient (Wildman–Crippen LogP) is 3.53. The van der Waals surface area contributed by atoms with Gasteiger partial charge in [-0.1, -0.05) is 43.3 Å². The van der Waals surface area contributed by atoms with Crippen LogP contribution in [0.3, 0.4) is 0 Å². The Balaban J connectivity index is 0.00000176. The number of nitrogens with zero attached hydrogens (tertiary/aromatic N) is 3. The van der Waals surface area contributed by atoms with Crippen LogP contribution in [0.5, 0.6) is 5.88 Å². The third-order valence-electron chi connectivity index (χ3n) is 3.65. The van der Waals surface area contributed by atoms with Crippen molar-refractivity contribution in [2.24, 2.45) is 5.16 Å². The van der Waals surface area contributed by atoms with E-state index in [0.717, 1.165) is 16.8 Å². The summed E-state index contributed by atoms with van der Waals surface area (Å²) >= 11 is 0. The maximum Gasteiger partial charge on any atom is 0.360 e. The Bertz CT molecular complexity index is 804. The van der Waals surface area contributed by atoms with Crippen LogP contribution in [0.25, 0.3) is 0 Å². The molecule has 1 aromatic heterocycles. The second-order valence-corrected chi connectivity index (χ2v) is 5.35. The largest absolute Gasteiger partial charge is 0.472 e. The summed E-state index contributed by atoms with van der Waals surface area (Å²) in [6, 6.07) is 7.26. The number of aryl methyl sites for hydroxylation is 2. The lowest BCUT2D eigenvalue weighted by atomic mass is 10.0. The fraction of sp³-hybridized carbons (Fsp3) is 0.400. The number of ether oxygens (including phenoxy) is 2. The van der Waals surface area contributed by atoms with Crippen molar-refractivity contribution >= 4 is 11.7 Å². The number of rotatable bonds is 6. The van der Waals surface area contributed by atoms with Gasteiger partial charge in [-0.3, -0.25) is 0 Å². The molecule has 146 valence electrons. The molecule has 7 heteroatoms. The first-order valence-electron chi connectivity index (χ1n) is 8.70. The van der Waals surface area contributed by atoms with Gasteiger partial charge in [0.15, 0.2) is 5.71 Å². The minimum absolute atomic E-state index is 0.0796. The van der Waals surface area contributed by atoms with Gasteiger partial charge in [0.1, 0.15) is 19.5 Å².